The molecule has 2 aromatic carbocycles. The van der Waals surface area contributed by atoms with Crippen molar-refractivity contribution < 1.29 is 14.3 Å². The van der Waals surface area contributed by atoms with Crippen LogP contribution >= 0.6 is 15.9 Å². The number of hydrazone groups is 1. The predicted octanol–water partition coefficient (Wildman–Crippen LogP) is 3.42. The van der Waals surface area contributed by atoms with Gasteiger partial charge < -0.3 is 14.8 Å². The van der Waals surface area contributed by atoms with Gasteiger partial charge in [0.15, 0.2) is 0 Å². The molecular formula is C18H20BrN3O3. The number of methoxy groups -OCH3 is 2. The Hall–Kier alpha value is -2.54. The molecule has 132 valence electrons. The van der Waals surface area contributed by atoms with Gasteiger partial charge in [0.05, 0.1) is 26.1 Å². The molecule has 0 aliphatic rings. The number of benzene rings is 2. The summed E-state index contributed by atoms with van der Waals surface area (Å²) in [4.78, 5) is 12.2. The van der Waals surface area contributed by atoms with E-state index in [1.54, 1.807) is 21.1 Å². The minimum absolute atomic E-state index is 0.267. The van der Waals surface area contributed by atoms with Crippen molar-refractivity contribution in [2.45, 2.75) is 13.0 Å². The Balaban J connectivity index is 1.99. The van der Waals surface area contributed by atoms with Crippen molar-refractivity contribution in [3.63, 3.8) is 0 Å². The van der Waals surface area contributed by atoms with Gasteiger partial charge in [-0.05, 0) is 37.3 Å². The molecule has 2 rings (SSSR count). The average Bonchev–Trinajstić information content (AvgIpc) is 2.62. The second-order valence-corrected chi connectivity index (χ2v) is 6.10. The lowest BCUT2D eigenvalue weighted by atomic mass is 10.2. The third kappa shape index (κ3) is 5.22. The molecule has 1 atom stereocenters. The van der Waals surface area contributed by atoms with Crippen LogP contribution in [0.5, 0.6) is 11.5 Å². The van der Waals surface area contributed by atoms with Gasteiger partial charge in [0, 0.05) is 10.0 Å². The highest BCUT2D eigenvalue weighted by Crippen LogP contribution is 2.24. The molecule has 0 spiro atoms. The third-order valence-electron chi connectivity index (χ3n) is 3.44. The average molecular weight is 406 g/mol. The lowest BCUT2D eigenvalue weighted by molar-refractivity contribution is -0.121. The Morgan fingerprint density at radius 1 is 1.16 bits per heavy atom. The number of anilines is 1. The third-order valence-corrected chi connectivity index (χ3v) is 3.94. The van der Waals surface area contributed by atoms with Crippen LogP contribution in [0.2, 0.25) is 0 Å². The SMILES string of the molecule is COc1ccc(Br)cc1/C=N\NC(=O)[C@@H](C)Nc1ccccc1OC. The van der Waals surface area contributed by atoms with Crippen LogP contribution < -0.4 is 20.2 Å². The van der Waals surface area contributed by atoms with E-state index in [9.17, 15) is 4.79 Å². The van der Waals surface area contributed by atoms with E-state index in [1.807, 2.05) is 42.5 Å². The van der Waals surface area contributed by atoms with E-state index in [2.05, 4.69) is 31.8 Å². The number of nitrogens with one attached hydrogen (secondary N) is 2. The number of nitrogens with zero attached hydrogens (tertiary/aromatic N) is 1. The van der Waals surface area contributed by atoms with Crippen molar-refractivity contribution >= 4 is 33.7 Å². The van der Waals surface area contributed by atoms with Crippen molar-refractivity contribution in [3.8, 4) is 11.5 Å². The molecule has 0 saturated carbocycles. The molecule has 0 aliphatic heterocycles. The number of carbonyl (C=O) groups excluding carboxylic acids is 1. The number of rotatable bonds is 7. The van der Waals surface area contributed by atoms with Crippen LogP contribution in [0.1, 0.15) is 12.5 Å². The first kappa shape index (κ1) is 18.8. The van der Waals surface area contributed by atoms with Gasteiger partial charge in [0.1, 0.15) is 17.5 Å². The van der Waals surface area contributed by atoms with Gasteiger partial charge in [-0.15, -0.1) is 0 Å². The normalized spacial score (nSPS) is 11.8. The van der Waals surface area contributed by atoms with E-state index in [0.29, 0.717) is 11.5 Å². The van der Waals surface area contributed by atoms with E-state index in [4.69, 9.17) is 9.47 Å². The second-order valence-electron chi connectivity index (χ2n) is 5.19. The van der Waals surface area contributed by atoms with E-state index in [-0.39, 0.29) is 5.91 Å². The van der Waals surface area contributed by atoms with Gasteiger partial charge in [-0.2, -0.15) is 5.10 Å². The molecule has 0 saturated heterocycles. The quantitative estimate of drug-likeness (QED) is 0.546. The Bertz CT molecular complexity index is 765. The van der Waals surface area contributed by atoms with Crippen LogP contribution in [0.15, 0.2) is 52.0 Å². The van der Waals surface area contributed by atoms with Crippen LogP contribution in [0, 0.1) is 0 Å². The van der Waals surface area contributed by atoms with Gasteiger partial charge >= 0.3 is 0 Å². The molecule has 0 aliphatic carbocycles. The summed E-state index contributed by atoms with van der Waals surface area (Å²) in [5, 5.41) is 7.10. The minimum atomic E-state index is -0.488. The number of ether oxygens (including phenoxy) is 2. The Labute approximate surface area is 155 Å². The van der Waals surface area contributed by atoms with Gasteiger partial charge in [-0.1, -0.05) is 28.1 Å². The smallest absolute Gasteiger partial charge is 0.262 e. The predicted molar refractivity (Wildman–Crippen MR) is 103 cm³/mol. The van der Waals surface area contributed by atoms with Gasteiger partial charge in [0.25, 0.3) is 5.91 Å². The van der Waals surface area contributed by atoms with E-state index in [1.165, 1.54) is 6.21 Å². The van der Waals surface area contributed by atoms with Crippen molar-refractivity contribution in [1.29, 1.82) is 0 Å². The monoisotopic (exact) mass is 405 g/mol. The number of carbonyl (C=O) groups is 1. The van der Waals surface area contributed by atoms with Crippen molar-refractivity contribution in [3.05, 3.63) is 52.5 Å². The first-order chi connectivity index (χ1) is 12.0. The highest BCUT2D eigenvalue weighted by Gasteiger charge is 2.13. The van der Waals surface area contributed by atoms with Crippen LogP contribution in [0.25, 0.3) is 0 Å². The van der Waals surface area contributed by atoms with Crippen molar-refractivity contribution in [2.24, 2.45) is 5.10 Å². The van der Waals surface area contributed by atoms with Crippen LogP contribution in [-0.4, -0.2) is 32.4 Å². The maximum Gasteiger partial charge on any atom is 0.262 e. The molecule has 0 radical (unpaired) electrons. The standard InChI is InChI=1S/C18H20BrN3O3/c1-12(21-15-6-4-5-7-17(15)25-3)18(23)22-20-11-13-10-14(19)8-9-16(13)24-2/h4-12,21H,1-3H3,(H,22,23)/b20-11-/t12-/m1/s1. The zero-order valence-corrected chi connectivity index (χ0v) is 15.8. The Kier molecular flexibility index (Phi) is 6.82. The number of amides is 1. The first-order valence-electron chi connectivity index (χ1n) is 7.61. The highest BCUT2D eigenvalue weighted by atomic mass is 79.9. The van der Waals surface area contributed by atoms with E-state index < -0.39 is 6.04 Å². The number of hydrogen-bond acceptors (Lipinski definition) is 5. The molecule has 2 aromatic rings. The topological polar surface area (TPSA) is 72.0 Å². The van der Waals surface area contributed by atoms with E-state index >= 15 is 0 Å². The Morgan fingerprint density at radius 2 is 1.88 bits per heavy atom. The molecule has 0 unspecified atom stereocenters. The molecule has 0 fully saturated rings. The maximum absolute atomic E-state index is 12.2. The molecular weight excluding hydrogens is 386 g/mol. The summed E-state index contributed by atoms with van der Waals surface area (Å²) in [6, 6.07) is 12.5. The summed E-state index contributed by atoms with van der Waals surface area (Å²) in [6.45, 7) is 1.75. The maximum atomic E-state index is 12.2. The summed E-state index contributed by atoms with van der Waals surface area (Å²) >= 11 is 3.39. The fourth-order valence-corrected chi connectivity index (χ4v) is 2.51. The number of halogens is 1. The second kappa shape index (κ2) is 9.08. The zero-order chi connectivity index (χ0) is 18.2. The summed E-state index contributed by atoms with van der Waals surface area (Å²) < 4.78 is 11.4. The van der Waals surface area contributed by atoms with Gasteiger partial charge in [0.2, 0.25) is 0 Å². The lowest BCUT2D eigenvalue weighted by Crippen LogP contribution is -2.35. The van der Waals surface area contributed by atoms with E-state index in [0.717, 1.165) is 15.7 Å². The molecule has 0 heterocycles. The first-order valence-corrected chi connectivity index (χ1v) is 8.40. The summed E-state index contributed by atoms with van der Waals surface area (Å²) in [5.74, 6) is 1.07. The summed E-state index contributed by atoms with van der Waals surface area (Å²) in [5.41, 5.74) is 4.01. The van der Waals surface area contributed by atoms with Gasteiger partial charge in [-0.3, -0.25) is 4.79 Å². The largest absolute Gasteiger partial charge is 0.496 e. The van der Waals surface area contributed by atoms with Crippen molar-refractivity contribution in [1.82, 2.24) is 5.43 Å². The van der Waals surface area contributed by atoms with Gasteiger partial charge in [-0.25, -0.2) is 5.43 Å². The lowest BCUT2D eigenvalue weighted by Gasteiger charge is -2.15. The number of para-hydroxylation sites is 2. The molecule has 7 heteroatoms. The molecule has 2 N–H and O–H groups in total. The molecule has 0 bridgehead atoms. The summed E-state index contributed by atoms with van der Waals surface area (Å²) in [7, 11) is 3.17. The zero-order valence-electron chi connectivity index (χ0n) is 14.2. The van der Waals surface area contributed by atoms with Crippen molar-refractivity contribution in [2.75, 3.05) is 19.5 Å². The molecule has 6 nitrogen and oxygen atoms in total. The van der Waals surface area contributed by atoms with Crippen LogP contribution in [0.4, 0.5) is 5.69 Å². The molecule has 1 amide bonds. The van der Waals surface area contributed by atoms with Crippen LogP contribution in [0.3, 0.4) is 0 Å². The molecule has 0 aromatic heterocycles. The Morgan fingerprint density at radius 3 is 2.60 bits per heavy atom. The number of hydrogen-bond donors (Lipinski definition) is 2. The summed E-state index contributed by atoms with van der Waals surface area (Å²) in [6.07, 6.45) is 1.54. The molecule has 25 heavy (non-hydrogen) atoms. The highest BCUT2D eigenvalue weighted by molar-refractivity contribution is 9.10. The fourth-order valence-electron chi connectivity index (χ4n) is 2.13. The van der Waals surface area contributed by atoms with Crippen LogP contribution in [-0.2, 0) is 4.79 Å². The minimum Gasteiger partial charge on any atom is -0.496 e. The fraction of sp³-hybridized carbons (Fsp3) is 0.222.